The summed E-state index contributed by atoms with van der Waals surface area (Å²) in [6, 6.07) is 15.2. The number of rotatable bonds is 4. The lowest BCUT2D eigenvalue weighted by molar-refractivity contribution is 0.0941. The zero-order valence-corrected chi connectivity index (χ0v) is 12.4. The minimum Gasteiger partial charge on any atom is -0.398 e. The summed E-state index contributed by atoms with van der Waals surface area (Å²) < 4.78 is 0. The number of hydrogen-bond donors (Lipinski definition) is 2. The lowest BCUT2D eigenvalue weighted by Gasteiger charge is -2.15. The smallest absolute Gasteiger partial charge is 0.253 e. The van der Waals surface area contributed by atoms with E-state index >= 15 is 0 Å². The van der Waals surface area contributed by atoms with E-state index in [1.165, 1.54) is 4.90 Å². The lowest BCUT2D eigenvalue weighted by atomic mass is 10.1. The first-order valence-electron chi connectivity index (χ1n) is 6.41. The first-order chi connectivity index (χ1) is 9.61. The fraction of sp³-hybridized carbons (Fsp3) is 0.188. The number of para-hydroxylation sites is 1. The molecule has 2 aromatic carbocycles. The minimum atomic E-state index is -0.149. The Labute approximate surface area is 123 Å². The quantitative estimate of drug-likeness (QED) is 0.668. The zero-order valence-electron chi connectivity index (χ0n) is 11.6. The van der Waals surface area contributed by atoms with Crippen LogP contribution in [0.4, 0.5) is 5.69 Å². The third-order valence-corrected chi connectivity index (χ3v) is 3.91. The van der Waals surface area contributed by atoms with Crippen LogP contribution in [0, 0.1) is 0 Å². The Bertz CT molecular complexity index is 596. The molecule has 0 saturated heterocycles. The molecule has 3 N–H and O–H groups in total. The highest BCUT2D eigenvalue weighted by Gasteiger charge is 2.13. The zero-order chi connectivity index (χ0) is 14.5. The van der Waals surface area contributed by atoms with E-state index in [2.05, 4.69) is 17.4 Å². The molecule has 1 amide bonds. The summed E-state index contributed by atoms with van der Waals surface area (Å²) in [4.78, 5) is 13.4. The largest absolute Gasteiger partial charge is 0.398 e. The summed E-state index contributed by atoms with van der Waals surface area (Å²) >= 11 is 1.70. The molecule has 3 nitrogen and oxygen atoms in total. The summed E-state index contributed by atoms with van der Waals surface area (Å²) in [5.41, 5.74) is 7.89. The maximum absolute atomic E-state index is 12.2. The summed E-state index contributed by atoms with van der Waals surface area (Å²) in [6.45, 7) is 1.96. The number of nitrogens with two attached hydrogens (primary N) is 1. The first-order valence-corrected chi connectivity index (χ1v) is 7.63. The second-order valence-corrected chi connectivity index (χ2v) is 5.44. The number of carbonyl (C=O) groups is 1. The number of anilines is 1. The van der Waals surface area contributed by atoms with Crippen molar-refractivity contribution in [3.63, 3.8) is 0 Å². The molecule has 0 aromatic heterocycles. The van der Waals surface area contributed by atoms with Crippen molar-refractivity contribution in [2.75, 3.05) is 12.0 Å². The molecule has 0 bridgehead atoms. The van der Waals surface area contributed by atoms with Crippen molar-refractivity contribution >= 4 is 23.4 Å². The Morgan fingerprint density at radius 2 is 1.80 bits per heavy atom. The third-order valence-electron chi connectivity index (χ3n) is 3.17. The second-order valence-electron chi connectivity index (χ2n) is 4.56. The van der Waals surface area contributed by atoms with Gasteiger partial charge in [-0.3, -0.25) is 4.79 Å². The summed E-state index contributed by atoms with van der Waals surface area (Å²) in [5.74, 6) is -0.149. The monoisotopic (exact) mass is 286 g/mol. The molecule has 0 fully saturated rings. The van der Waals surface area contributed by atoms with Gasteiger partial charge in [0.2, 0.25) is 0 Å². The van der Waals surface area contributed by atoms with Gasteiger partial charge in [0, 0.05) is 10.6 Å². The number of hydrogen-bond acceptors (Lipinski definition) is 3. The Morgan fingerprint density at radius 1 is 1.15 bits per heavy atom. The fourth-order valence-corrected chi connectivity index (χ4v) is 2.36. The predicted molar refractivity (Wildman–Crippen MR) is 85.0 cm³/mol. The Balaban J connectivity index is 2.09. The van der Waals surface area contributed by atoms with Gasteiger partial charge in [0.25, 0.3) is 5.91 Å². The molecule has 0 spiro atoms. The van der Waals surface area contributed by atoms with Gasteiger partial charge in [0.1, 0.15) is 0 Å². The molecule has 2 aromatic rings. The number of thioether (sulfide) groups is 1. The standard InChI is InChI=1S/C16H18N2OS/c1-11(12-7-9-13(20-2)10-8-12)18-16(19)14-5-3-4-6-15(14)17/h3-11H,17H2,1-2H3,(H,18,19). The molecule has 1 unspecified atom stereocenters. The molecule has 0 aliphatic rings. The van der Waals surface area contributed by atoms with E-state index in [1.807, 2.05) is 37.4 Å². The summed E-state index contributed by atoms with van der Waals surface area (Å²) in [6.07, 6.45) is 2.04. The van der Waals surface area contributed by atoms with Crippen LogP contribution in [0.2, 0.25) is 0 Å². The number of benzene rings is 2. The van der Waals surface area contributed by atoms with Crippen molar-refractivity contribution in [2.45, 2.75) is 17.9 Å². The van der Waals surface area contributed by atoms with Crippen LogP contribution in [0.25, 0.3) is 0 Å². The van der Waals surface area contributed by atoms with E-state index in [-0.39, 0.29) is 11.9 Å². The average molecular weight is 286 g/mol. The molecule has 104 valence electrons. The molecule has 0 saturated carbocycles. The maximum atomic E-state index is 12.2. The fourth-order valence-electron chi connectivity index (χ4n) is 1.95. The van der Waals surface area contributed by atoms with Crippen LogP contribution < -0.4 is 11.1 Å². The Morgan fingerprint density at radius 3 is 2.40 bits per heavy atom. The van der Waals surface area contributed by atoms with E-state index in [0.29, 0.717) is 11.3 Å². The molecule has 20 heavy (non-hydrogen) atoms. The SMILES string of the molecule is CSc1ccc(C(C)NC(=O)c2ccccc2N)cc1. The maximum Gasteiger partial charge on any atom is 0.253 e. The van der Waals surface area contributed by atoms with E-state index in [4.69, 9.17) is 5.73 Å². The number of carbonyl (C=O) groups excluding carboxylic acids is 1. The average Bonchev–Trinajstić information content (AvgIpc) is 2.47. The number of nitrogen functional groups attached to an aromatic ring is 1. The predicted octanol–water partition coefficient (Wildman–Crippen LogP) is 3.48. The lowest BCUT2D eigenvalue weighted by Crippen LogP contribution is -2.27. The van der Waals surface area contributed by atoms with Gasteiger partial charge in [0.05, 0.1) is 11.6 Å². The van der Waals surface area contributed by atoms with E-state index in [1.54, 1.807) is 23.9 Å². The highest BCUT2D eigenvalue weighted by atomic mass is 32.2. The van der Waals surface area contributed by atoms with Crippen molar-refractivity contribution in [1.82, 2.24) is 5.32 Å². The van der Waals surface area contributed by atoms with Crippen molar-refractivity contribution < 1.29 is 4.79 Å². The molecular weight excluding hydrogens is 268 g/mol. The molecule has 0 aliphatic heterocycles. The summed E-state index contributed by atoms with van der Waals surface area (Å²) in [7, 11) is 0. The van der Waals surface area contributed by atoms with Crippen LogP contribution in [0.5, 0.6) is 0 Å². The second kappa shape index (κ2) is 6.48. The Kier molecular flexibility index (Phi) is 4.69. The van der Waals surface area contributed by atoms with Gasteiger partial charge < -0.3 is 11.1 Å². The van der Waals surface area contributed by atoms with Gasteiger partial charge in [-0.2, -0.15) is 0 Å². The molecule has 0 aliphatic carbocycles. The van der Waals surface area contributed by atoms with Crippen LogP contribution in [0.15, 0.2) is 53.4 Å². The van der Waals surface area contributed by atoms with Crippen LogP contribution in [-0.2, 0) is 0 Å². The van der Waals surface area contributed by atoms with Crippen LogP contribution in [0.3, 0.4) is 0 Å². The van der Waals surface area contributed by atoms with Crippen molar-refractivity contribution in [3.8, 4) is 0 Å². The molecule has 1 atom stereocenters. The van der Waals surface area contributed by atoms with Crippen molar-refractivity contribution in [1.29, 1.82) is 0 Å². The molecule has 0 radical (unpaired) electrons. The highest BCUT2D eigenvalue weighted by Crippen LogP contribution is 2.19. The normalized spacial score (nSPS) is 11.9. The van der Waals surface area contributed by atoms with E-state index in [0.717, 1.165) is 5.56 Å². The highest BCUT2D eigenvalue weighted by molar-refractivity contribution is 7.98. The Hall–Kier alpha value is -1.94. The topological polar surface area (TPSA) is 55.1 Å². The van der Waals surface area contributed by atoms with Gasteiger partial charge >= 0.3 is 0 Å². The van der Waals surface area contributed by atoms with Gasteiger partial charge in [-0.1, -0.05) is 24.3 Å². The van der Waals surface area contributed by atoms with Gasteiger partial charge in [-0.15, -0.1) is 11.8 Å². The molecular formula is C16H18N2OS. The minimum absolute atomic E-state index is 0.0574. The van der Waals surface area contributed by atoms with Crippen molar-refractivity contribution in [2.24, 2.45) is 0 Å². The van der Waals surface area contributed by atoms with Crippen LogP contribution in [-0.4, -0.2) is 12.2 Å². The van der Waals surface area contributed by atoms with Gasteiger partial charge in [0.15, 0.2) is 0 Å². The van der Waals surface area contributed by atoms with Gasteiger partial charge in [-0.05, 0) is 43.0 Å². The van der Waals surface area contributed by atoms with E-state index in [9.17, 15) is 4.79 Å². The first kappa shape index (κ1) is 14.5. The van der Waals surface area contributed by atoms with Gasteiger partial charge in [-0.25, -0.2) is 0 Å². The van der Waals surface area contributed by atoms with Crippen molar-refractivity contribution in [3.05, 3.63) is 59.7 Å². The number of nitrogens with one attached hydrogen (secondary N) is 1. The molecule has 4 heteroatoms. The van der Waals surface area contributed by atoms with Crippen LogP contribution in [0.1, 0.15) is 28.9 Å². The number of amides is 1. The third kappa shape index (κ3) is 3.33. The molecule has 2 rings (SSSR count). The molecule has 0 heterocycles. The van der Waals surface area contributed by atoms with E-state index < -0.39 is 0 Å². The van der Waals surface area contributed by atoms with Crippen LogP contribution >= 0.6 is 11.8 Å². The summed E-state index contributed by atoms with van der Waals surface area (Å²) in [5, 5.41) is 2.97.